The summed E-state index contributed by atoms with van der Waals surface area (Å²) in [6.07, 6.45) is 3.12. The maximum absolute atomic E-state index is 5.80. The molecule has 0 bridgehead atoms. The predicted molar refractivity (Wildman–Crippen MR) is 59.8 cm³/mol. The normalized spacial score (nSPS) is 17.1. The van der Waals surface area contributed by atoms with Gasteiger partial charge in [-0.15, -0.1) is 0 Å². The topological polar surface area (TPSA) is 38.4 Å². The lowest BCUT2D eigenvalue weighted by atomic mass is 10.1. The Kier molecular flexibility index (Phi) is 2.73. The molecule has 1 aliphatic rings. The third-order valence-electron chi connectivity index (χ3n) is 2.19. The van der Waals surface area contributed by atoms with Crippen molar-refractivity contribution in [2.24, 2.45) is 10.7 Å². The van der Waals surface area contributed by atoms with Crippen molar-refractivity contribution >= 4 is 17.4 Å². The number of nitrogens with two attached hydrogens (primary N) is 1. The van der Waals surface area contributed by atoms with Crippen LogP contribution in [0.3, 0.4) is 0 Å². The summed E-state index contributed by atoms with van der Waals surface area (Å²) < 4.78 is 0. The first kappa shape index (κ1) is 9.53. The van der Waals surface area contributed by atoms with Crippen molar-refractivity contribution in [1.29, 1.82) is 0 Å². The zero-order valence-electron chi connectivity index (χ0n) is 7.91. The molecule has 0 spiro atoms. The van der Waals surface area contributed by atoms with Gasteiger partial charge >= 0.3 is 0 Å². The van der Waals surface area contributed by atoms with E-state index in [1.807, 2.05) is 24.3 Å². The van der Waals surface area contributed by atoms with Crippen LogP contribution in [-0.4, -0.2) is 11.9 Å². The molecule has 0 saturated heterocycles. The predicted octanol–water partition coefficient (Wildman–Crippen LogP) is 2.40. The molecule has 0 unspecified atom stereocenters. The van der Waals surface area contributed by atoms with Gasteiger partial charge in [-0.05, 0) is 30.5 Å². The van der Waals surface area contributed by atoms with Crippen molar-refractivity contribution in [3.63, 3.8) is 0 Å². The smallest absolute Gasteiger partial charge is 0.0984 e. The third-order valence-corrected chi connectivity index (χ3v) is 2.45. The van der Waals surface area contributed by atoms with Crippen LogP contribution in [0.25, 0.3) is 0 Å². The van der Waals surface area contributed by atoms with Gasteiger partial charge in [-0.2, -0.15) is 0 Å². The summed E-state index contributed by atoms with van der Waals surface area (Å²) >= 11 is 5.78. The van der Waals surface area contributed by atoms with Crippen LogP contribution in [0.15, 0.2) is 29.3 Å². The second-order valence-corrected chi connectivity index (χ2v) is 4.09. The van der Waals surface area contributed by atoms with Crippen LogP contribution >= 0.6 is 11.6 Å². The summed E-state index contributed by atoms with van der Waals surface area (Å²) in [6.45, 7) is 0. The maximum atomic E-state index is 5.80. The van der Waals surface area contributed by atoms with Crippen LogP contribution in [0.5, 0.6) is 0 Å². The van der Waals surface area contributed by atoms with Gasteiger partial charge in [0.25, 0.3) is 0 Å². The Morgan fingerprint density at radius 1 is 1.36 bits per heavy atom. The van der Waals surface area contributed by atoms with E-state index in [-0.39, 0.29) is 0 Å². The van der Waals surface area contributed by atoms with E-state index >= 15 is 0 Å². The first-order valence-corrected chi connectivity index (χ1v) is 5.18. The summed E-state index contributed by atoms with van der Waals surface area (Å²) in [5, 5.41) is 0.756. The number of hydrogen-bond donors (Lipinski definition) is 1. The van der Waals surface area contributed by atoms with Gasteiger partial charge in [0, 0.05) is 11.4 Å². The summed E-state index contributed by atoms with van der Waals surface area (Å²) in [5.41, 5.74) is 6.96. The lowest BCUT2D eigenvalue weighted by Crippen LogP contribution is -2.15. The fourth-order valence-corrected chi connectivity index (χ4v) is 1.42. The Bertz CT molecular complexity index is 339. The fraction of sp³-hybridized carbons (Fsp3) is 0.364. The number of rotatable bonds is 3. The average Bonchev–Trinajstić information content (AvgIpc) is 2.93. The van der Waals surface area contributed by atoms with Crippen LogP contribution in [0.1, 0.15) is 18.4 Å². The molecule has 14 heavy (non-hydrogen) atoms. The number of aliphatic imine (C=N–C) groups is 1. The molecule has 1 saturated carbocycles. The average molecular weight is 209 g/mol. The standard InChI is InChI=1S/C11H13ClN2/c12-9-3-1-8(2-4-9)7-11(13)14-10-5-6-10/h1-4,10H,5-7H2,(H2,13,14). The lowest BCUT2D eigenvalue weighted by molar-refractivity contribution is 1.04. The molecule has 2 nitrogen and oxygen atoms in total. The molecule has 0 aliphatic heterocycles. The second-order valence-electron chi connectivity index (χ2n) is 3.65. The van der Waals surface area contributed by atoms with Crippen molar-refractivity contribution in [2.45, 2.75) is 25.3 Å². The van der Waals surface area contributed by atoms with Gasteiger partial charge in [0.2, 0.25) is 0 Å². The van der Waals surface area contributed by atoms with Crippen molar-refractivity contribution in [1.82, 2.24) is 0 Å². The molecular formula is C11H13ClN2. The highest BCUT2D eigenvalue weighted by Gasteiger charge is 2.20. The van der Waals surface area contributed by atoms with Crippen molar-refractivity contribution in [3.05, 3.63) is 34.9 Å². The highest BCUT2D eigenvalue weighted by Crippen LogP contribution is 2.23. The van der Waals surface area contributed by atoms with E-state index in [2.05, 4.69) is 4.99 Å². The third kappa shape index (κ3) is 2.74. The molecule has 74 valence electrons. The zero-order chi connectivity index (χ0) is 9.97. The Balaban J connectivity index is 1.99. The molecule has 1 aromatic rings. The number of benzene rings is 1. The highest BCUT2D eigenvalue weighted by molar-refractivity contribution is 6.30. The molecule has 3 heteroatoms. The Hall–Kier alpha value is -1.02. The van der Waals surface area contributed by atoms with Gasteiger partial charge in [0.1, 0.15) is 0 Å². The van der Waals surface area contributed by atoms with Gasteiger partial charge in [0.15, 0.2) is 0 Å². The van der Waals surface area contributed by atoms with E-state index in [1.54, 1.807) is 0 Å². The van der Waals surface area contributed by atoms with E-state index in [0.29, 0.717) is 6.04 Å². The molecule has 0 heterocycles. The number of hydrogen-bond acceptors (Lipinski definition) is 1. The zero-order valence-corrected chi connectivity index (χ0v) is 8.67. The van der Waals surface area contributed by atoms with Gasteiger partial charge in [0.05, 0.1) is 11.9 Å². The van der Waals surface area contributed by atoms with Gasteiger partial charge < -0.3 is 5.73 Å². The van der Waals surface area contributed by atoms with Crippen LogP contribution in [0.2, 0.25) is 5.02 Å². The Morgan fingerprint density at radius 2 is 2.00 bits per heavy atom. The minimum Gasteiger partial charge on any atom is -0.387 e. The minimum absolute atomic E-state index is 0.502. The summed E-state index contributed by atoms with van der Waals surface area (Å²) in [5.74, 6) is 0.731. The largest absolute Gasteiger partial charge is 0.387 e. The highest BCUT2D eigenvalue weighted by atomic mass is 35.5. The molecular weight excluding hydrogens is 196 g/mol. The number of amidine groups is 1. The van der Waals surface area contributed by atoms with E-state index in [0.717, 1.165) is 22.8 Å². The quantitative estimate of drug-likeness (QED) is 0.601. The van der Waals surface area contributed by atoms with E-state index in [4.69, 9.17) is 17.3 Å². The minimum atomic E-state index is 0.502. The molecule has 1 aromatic carbocycles. The Morgan fingerprint density at radius 3 is 2.57 bits per heavy atom. The molecule has 2 N–H and O–H groups in total. The van der Waals surface area contributed by atoms with E-state index in [9.17, 15) is 0 Å². The van der Waals surface area contributed by atoms with Crippen LogP contribution < -0.4 is 5.73 Å². The van der Waals surface area contributed by atoms with Gasteiger partial charge in [-0.3, -0.25) is 4.99 Å². The van der Waals surface area contributed by atoms with Crippen LogP contribution in [0, 0.1) is 0 Å². The van der Waals surface area contributed by atoms with Crippen LogP contribution in [0.4, 0.5) is 0 Å². The van der Waals surface area contributed by atoms with Crippen LogP contribution in [-0.2, 0) is 6.42 Å². The summed E-state index contributed by atoms with van der Waals surface area (Å²) in [6, 6.07) is 8.22. The van der Waals surface area contributed by atoms with E-state index < -0.39 is 0 Å². The molecule has 1 aliphatic carbocycles. The monoisotopic (exact) mass is 208 g/mol. The molecule has 0 radical (unpaired) electrons. The first-order valence-electron chi connectivity index (χ1n) is 4.80. The SMILES string of the molecule is NC(Cc1ccc(Cl)cc1)=NC1CC1. The summed E-state index contributed by atoms with van der Waals surface area (Å²) in [4.78, 5) is 4.37. The molecule has 2 rings (SSSR count). The van der Waals surface area contributed by atoms with Gasteiger partial charge in [-0.1, -0.05) is 23.7 Å². The maximum Gasteiger partial charge on any atom is 0.0984 e. The van der Waals surface area contributed by atoms with Crippen molar-refractivity contribution in [2.75, 3.05) is 0 Å². The number of nitrogens with zero attached hydrogens (tertiary/aromatic N) is 1. The first-order chi connectivity index (χ1) is 6.74. The Labute approximate surface area is 88.8 Å². The van der Waals surface area contributed by atoms with E-state index in [1.165, 1.54) is 12.8 Å². The lowest BCUT2D eigenvalue weighted by Gasteiger charge is -2.01. The fourth-order valence-electron chi connectivity index (χ4n) is 1.30. The molecule has 0 amide bonds. The molecule has 0 aromatic heterocycles. The summed E-state index contributed by atoms with van der Waals surface area (Å²) in [7, 11) is 0. The number of halogens is 1. The van der Waals surface area contributed by atoms with Crippen molar-refractivity contribution < 1.29 is 0 Å². The molecule has 0 atom stereocenters. The molecule has 1 fully saturated rings. The van der Waals surface area contributed by atoms with Crippen molar-refractivity contribution in [3.8, 4) is 0 Å². The van der Waals surface area contributed by atoms with Gasteiger partial charge in [-0.25, -0.2) is 0 Å². The second kappa shape index (κ2) is 4.01.